The maximum atomic E-state index is 2.58. The van der Waals surface area contributed by atoms with Gasteiger partial charge in [0.2, 0.25) is 0 Å². The van der Waals surface area contributed by atoms with E-state index in [4.69, 9.17) is 0 Å². The molecule has 0 heterocycles. The highest BCUT2D eigenvalue weighted by Gasteiger charge is 2.43. The maximum Gasteiger partial charge on any atom is 0.00995 e. The largest absolute Gasteiger partial charge is 0.0764 e. The Morgan fingerprint density at radius 3 is 1.41 bits per heavy atom. The van der Waals surface area contributed by atoms with Gasteiger partial charge in [0.05, 0.1) is 0 Å². The van der Waals surface area contributed by atoms with Gasteiger partial charge in [-0.3, -0.25) is 0 Å². The lowest BCUT2D eigenvalue weighted by Gasteiger charge is -2.45. The molecule has 9 aromatic carbocycles. The van der Waals surface area contributed by atoms with E-state index in [-0.39, 0.29) is 5.92 Å². The second kappa shape index (κ2) is 16.2. The quantitative estimate of drug-likeness (QED) is 0.141. The van der Waals surface area contributed by atoms with Crippen LogP contribution < -0.4 is 0 Å². The molecule has 3 aliphatic carbocycles. The summed E-state index contributed by atoms with van der Waals surface area (Å²) >= 11 is 0. The van der Waals surface area contributed by atoms with E-state index in [2.05, 4.69) is 255 Å². The topological polar surface area (TPSA) is 0 Å². The van der Waals surface area contributed by atoms with Crippen LogP contribution >= 0.6 is 0 Å². The first-order valence-electron chi connectivity index (χ1n) is 22.7. The number of hydrogen-bond acceptors (Lipinski definition) is 0. The zero-order chi connectivity index (χ0) is 42.4. The summed E-state index contributed by atoms with van der Waals surface area (Å²) in [6.07, 6.45) is 16.7. The van der Waals surface area contributed by atoms with Gasteiger partial charge in [-0.15, -0.1) is 0 Å². The van der Waals surface area contributed by atoms with Crippen molar-refractivity contribution in [2.24, 2.45) is 17.8 Å². The van der Waals surface area contributed by atoms with E-state index in [1.807, 2.05) is 0 Å². The predicted octanol–water partition coefficient (Wildman–Crippen LogP) is 16.8. The Kier molecular flexibility index (Phi) is 9.57. The predicted molar refractivity (Wildman–Crippen MR) is 272 cm³/mol. The summed E-state index contributed by atoms with van der Waals surface area (Å²) < 4.78 is 0. The third-order valence-electron chi connectivity index (χ3n) is 14.0. The van der Waals surface area contributed by atoms with Gasteiger partial charge in [-0.1, -0.05) is 249 Å². The fourth-order valence-electron chi connectivity index (χ4n) is 11.1. The molecule has 0 saturated carbocycles. The molecule has 0 saturated heterocycles. The summed E-state index contributed by atoms with van der Waals surface area (Å²) in [5.74, 6) is 1.25. The Morgan fingerprint density at radius 1 is 0.312 bits per heavy atom. The second-order valence-electron chi connectivity index (χ2n) is 17.5. The molecular weight excluding hydrogens is 769 g/mol. The van der Waals surface area contributed by atoms with Gasteiger partial charge < -0.3 is 0 Å². The molecule has 302 valence electrons. The molecule has 0 nitrogen and oxygen atoms in total. The number of benzene rings is 9. The van der Waals surface area contributed by atoms with Crippen LogP contribution in [0.5, 0.6) is 0 Å². The van der Waals surface area contributed by atoms with E-state index in [0.29, 0.717) is 17.8 Å². The minimum Gasteiger partial charge on any atom is -0.0764 e. The minimum atomic E-state index is 0.286. The van der Waals surface area contributed by atoms with Crippen molar-refractivity contribution in [3.8, 4) is 44.5 Å². The van der Waals surface area contributed by atoms with E-state index in [1.165, 1.54) is 99.5 Å². The van der Waals surface area contributed by atoms with Gasteiger partial charge in [0.1, 0.15) is 0 Å². The fraction of sp³-hybridized carbons (Fsp3) is 0.0625. The standard InChI is InChI=1S/C64H46/c1-5-17-47(18-6-1)61-53-25-13-15-27-55(53)63(49-21-9-3-10-22-49)59-41-51(37-39-57(59)61)45-33-29-43(30-34-45)44-31-35-46(36-32-44)52-38-40-58-60(42-52)64(50-23-11-4-12-24-50)56-28-16-14-26-54(56)62(58)48-19-7-2-8-20-48/h1-42,55,57,59,63H. The maximum absolute atomic E-state index is 2.58. The average Bonchev–Trinajstić information content (AvgIpc) is 3.38. The second-order valence-corrected chi connectivity index (χ2v) is 17.5. The fourth-order valence-corrected chi connectivity index (χ4v) is 11.1. The molecule has 9 aromatic rings. The van der Waals surface area contributed by atoms with Gasteiger partial charge in [0.25, 0.3) is 0 Å². The van der Waals surface area contributed by atoms with Crippen molar-refractivity contribution >= 4 is 32.7 Å². The van der Waals surface area contributed by atoms with Crippen molar-refractivity contribution < 1.29 is 0 Å². The first-order valence-corrected chi connectivity index (χ1v) is 22.7. The summed E-state index contributed by atoms with van der Waals surface area (Å²) in [6.45, 7) is 0. The Bertz CT molecular complexity index is 3330. The molecular formula is C64H46. The molecule has 64 heavy (non-hydrogen) atoms. The first kappa shape index (κ1) is 37.9. The number of rotatable bonds is 7. The van der Waals surface area contributed by atoms with E-state index >= 15 is 0 Å². The van der Waals surface area contributed by atoms with E-state index in [0.717, 1.165) is 0 Å². The van der Waals surface area contributed by atoms with Crippen LogP contribution in [-0.2, 0) is 0 Å². The van der Waals surface area contributed by atoms with Gasteiger partial charge in [-0.2, -0.15) is 0 Å². The molecule has 0 fully saturated rings. The van der Waals surface area contributed by atoms with Gasteiger partial charge in [0.15, 0.2) is 0 Å². The summed E-state index contributed by atoms with van der Waals surface area (Å²) in [7, 11) is 0. The molecule has 4 unspecified atom stereocenters. The summed E-state index contributed by atoms with van der Waals surface area (Å²) in [5.41, 5.74) is 18.1. The van der Waals surface area contributed by atoms with Gasteiger partial charge in [-0.25, -0.2) is 0 Å². The van der Waals surface area contributed by atoms with Crippen LogP contribution in [0.3, 0.4) is 0 Å². The molecule has 0 radical (unpaired) electrons. The van der Waals surface area contributed by atoms with Crippen LogP contribution in [0.25, 0.3) is 77.2 Å². The molecule has 0 aromatic heterocycles. The summed E-state index contributed by atoms with van der Waals surface area (Å²) in [5, 5.41) is 5.08. The van der Waals surface area contributed by atoms with E-state index < -0.39 is 0 Å². The van der Waals surface area contributed by atoms with Gasteiger partial charge in [-0.05, 0) is 111 Å². The summed E-state index contributed by atoms with van der Waals surface area (Å²) in [4.78, 5) is 0. The zero-order valence-corrected chi connectivity index (χ0v) is 35.6. The third kappa shape index (κ3) is 6.62. The van der Waals surface area contributed by atoms with Crippen molar-refractivity contribution in [2.75, 3.05) is 0 Å². The normalized spacial score (nSPS) is 18.8. The lowest BCUT2D eigenvalue weighted by molar-refractivity contribution is 0.379. The van der Waals surface area contributed by atoms with Crippen LogP contribution in [0.2, 0.25) is 0 Å². The smallest absolute Gasteiger partial charge is 0.00995 e. The van der Waals surface area contributed by atoms with Crippen LogP contribution in [-0.4, -0.2) is 0 Å². The molecule has 0 heteroatoms. The molecule has 0 bridgehead atoms. The Balaban J connectivity index is 0.883. The molecule has 0 spiro atoms. The van der Waals surface area contributed by atoms with Gasteiger partial charge in [0, 0.05) is 17.8 Å². The SMILES string of the molecule is C1=CC2=C(c3ccccc3)C3C=CC(c4ccc(-c5ccc(-c6ccc7c(-c8ccccc8)c8ccccc8c(-c8ccccc8)c7c6)cc5)cc4)=CC3C(c3ccccc3)C2C=C1. The van der Waals surface area contributed by atoms with Crippen LogP contribution in [0.1, 0.15) is 22.6 Å². The molecule has 12 rings (SSSR count). The molecule has 0 N–H and O–H groups in total. The van der Waals surface area contributed by atoms with E-state index in [1.54, 1.807) is 0 Å². The number of allylic oxidation sites excluding steroid dienone is 10. The Hall–Kier alpha value is -7.80. The highest BCUT2D eigenvalue weighted by Crippen LogP contribution is 2.55. The van der Waals surface area contributed by atoms with Crippen LogP contribution in [0.4, 0.5) is 0 Å². The number of hydrogen-bond donors (Lipinski definition) is 0. The Morgan fingerprint density at radius 2 is 0.797 bits per heavy atom. The van der Waals surface area contributed by atoms with Crippen molar-refractivity contribution in [3.05, 3.63) is 277 Å². The van der Waals surface area contributed by atoms with Crippen molar-refractivity contribution in [1.82, 2.24) is 0 Å². The lowest BCUT2D eigenvalue weighted by atomic mass is 9.58. The third-order valence-corrected chi connectivity index (χ3v) is 14.0. The van der Waals surface area contributed by atoms with Crippen LogP contribution in [0, 0.1) is 17.8 Å². The van der Waals surface area contributed by atoms with Gasteiger partial charge >= 0.3 is 0 Å². The highest BCUT2D eigenvalue weighted by molar-refractivity contribution is 6.22. The molecule has 0 aliphatic heterocycles. The van der Waals surface area contributed by atoms with Crippen molar-refractivity contribution in [2.45, 2.75) is 5.92 Å². The lowest BCUT2D eigenvalue weighted by Crippen LogP contribution is -2.34. The zero-order valence-electron chi connectivity index (χ0n) is 35.6. The molecule has 0 amide bonds. The minimum absolute atomic E-state index is 0.286. The number of fused-ring (bicyclic) bond motifs is 4. The van der Waals surface area contributed by atoms with Crippen LogP contribution in [0.15, 0.2) is 260 Å². The monoisotopic (exact) mass is 814 g/mol. The Labute approximate surface area is 376 Å². The summed E-state index contributed by atoms with van der Waals surface area (Å²) in [6, 6.07) is 78.2. The molecule has 3 aliphatic rings. The van der Waals surface area contributed by atoms with Crippen molar-refractivity contribution in [1.29, 1.82) is 0 Å². The molecule has 4 atom stereocenters. The average molecular weight is 815 g/mol. The van der Waals surface area contributed by atoms with Crippen molar-refractivity contribution in [3.63, 3.8) is 0 Å². The highest BCUT2D eigenvalue weighted by atomic mass is 14.5. The van der Waals surface area contributed by atoms with E-state index in [9.17, 15) is 0 Å². The first-order chi connectivity index (χ1) is 31.8.